The summed E-state index contributed by atoms with van der Waals surface area (Å²) in [7, 11) is 0. The highest BCUT2D eigenvalue weighted by molar-refractivity contribution is 5.60. The first kappa shape index (κ1) is 20.4. The Labute approximate surface area is 103 Å². The molecular weight excluding hydrogens is 192 g/mol. The fourth-order valence-corrected chi connectivity index (χ4v) is 0.723. The van der Waals surface area contributed by atoms with E-state index in [1.54, 1.807) is 0 Å². The molecule has 0 aliphatic rings. The van der Waals surface area contributed by atoms with Crippen LogP contribution in [0, 0.1) is 0 Å². The zero-order valence-electron chi connectivity index (χ0n) is 12.3. The van der Waals surface area contributed by atoms with Crippen molar-refractivity contribution in [3.63, 3.8) is 0 Å². The lowest BCUT2D eigenvalue weighted by atomic mass is 10.1. The molecular formula is C16H30. The maximum atomic E-state index is 3.83. The third-order valence-corrected chi connectivity index (χ3v) is 1.27. The molecule has 0 aliphatic heterocycles. The molecule has 0 unspecified atom stereocenters. The maximum absolute atomic E-state index is 3.83. The minimum Gasteiger partial charge on any atom is -0.0955 e. The number of rotatable bonds is 1. The Kier molecular flexibility index (Phi) is 24.9. The third kappa shape index (κ3) is 15.4. The lowest BCUT2D eigenvalue weighted by Crippen LogP contribution is -1.72. The molecule has 1 aromatic carbocycles. The Morgan fingerprint density at radius 3 is 1.44 bits per heavy atom. The van der Waals surface area contributed by atoms with Gasteiger partial charge in [-0.1, -0.05) is 90.4 Å². The van der Waals surface area contributed by atoms with Crippen LogP contribution < -0.4 is 0 Å². The standard InChI is InChI=1S/C9H10.C3H8.2C2H6/c1-8(2)9-6-4-3-5-7-9;1-3-2;2*1-2/h3-7H,1H2,2H3;3H2,1-2H3;2*1-2H3. The fraction of sp³-hybridized carbons (Fsp3) is 0.500. The second-order valence-corrected chi connectivity index (χ2v) is 2.85. The Balaban J connectivity index is -0.000000206. The highest BCUT2D eigenvalue weighted by atomic mass is 13.9. The van der Waals surface area contributed by atoms with Crippen LogP contribution in [0.3, 0.4) is 0 Å². The molecule has 0 aromatic heterocycles. The van der Waals surface area contributed by atoms with Crippen LogP contribution in [0.1, 0.15) is 60.5 Å². The van der Waals surface area contributed by atoms with Crippen molar-refractivity contribution >= 4 is 5.57 Å². The summed E-state index contributed by atoms with van der Waals surface area (Å²) in [6.45, 7) is 18.1. The van der Waals surface area contributed by atoms with E-state index in [0.29, 0.717) is 0 Å². The molecule has 0 nitrogen and oxygen atoms in total. The molecule has 0 atom stereocenters. The molecule has 0 amide bonds. The van der Waals surface area contributed by atoms with Gasteiger partial charge in [-0.15, -0.1) is 0 Å². The Morgan fingerprint density at radius 1 is 0.938 bits per heavy atom. The molecule has 0 saturated carbocycles. The summed E-state index contributed by atoms with van der Waals surface area (Å²) in [5.41, 5.74) is 2.34. The van der Waals surface area contributed by atoms with E-state index < -0.39 is 0 Å². The van der Waals surface area contributed by atoms with E-state index in [-0.39, 0.29) is 0 Å². The van der Waals surface area contributed by atoms with Gasteiger partial charge in [0.05, 0.1) is 0 Å². The van der Waals surface area contributed by atoms with Gasteiger partial charge in [-0.3, -0.25) is 0 Å². The van der Waals surface area contributed by atoms with Crippen molar-refractivity contribution in [2.24, 2.45) is 0 Å². The summed E-state index contributed by atoms with van der Waals surface area (Å²) in [5.74, 6) is 0. The Bertz CT molecular complexity index is 209. The minimum absolute atomic E-state index is 1.12. The van der Waals surface area contributed by atoms with Crippen molar-refractivity contribution in [2.75, 3.05) is 0 Å². The number of benzene rings is 1. The molecule has 94 valence electrons. The molecule has 0 N–H and O–H groups in total. The summed E-state index contributed by atoms with van der Waals surface area (Å²) in [5, 5.41) is 0. The van der Waals surface area contributed by atoms with Crippen LogP contribution in [0.2, 0.25) is 0 Å². The maximum Gasteiger partial charge on any atom is -0.0233 e. The smallest absolute Gasteiger partial charge is 0.0233 e. The lowest BCUT2D eigenvalue weighted by Gasteiger charge is -1.94. The first-order valence-electron chi connectivity index (χ1n) is 6.43. The van der Waals surface area contributed by atoms with E-state index in [1.807, 2.05) is 52.8 Å². The highest BCUT2D eigenvalue weighted by Crippen LogP contribution is 2.08. The average molecular weight is 222 g/mol. The zero-order valence-corrected chi connectivity index (χ0v) is 12.3. The van der Waals surface area contributed by atoms with Crippen molar-refractivity contribution in [1.82, 2.24) is 0 Å². The van der Waals surface area contributed by atoms with E-state index in [4.69, 9.17) is 0 Å². The predicted molar refractivity (Wildman–Crippen MR) is 79.8 cm³/mol. The van der Waals surface area contributed by atoms with Crippen LogP contribution >= 0.6 is 0 Å². The summed E-state index contributed by atoms with van der Waals surface area (Å²) in [6.07, 6.45) is 1.25. The average Bonchev–Trinajstić information content (AvgIpc) is 2.36. The molecule has 0 radical (unpaired) electrons. The second kappa shape index (κ2) is 19.5. The normalized spacial score (nSPS) is 6.94. The SMILES string of the molecule is C=C(C)c1ccccc1.CC.CC.CCC. The van der Waals surface area contributed by atoms with Gasteiger partial charge in [-0.05, 0) is 12.5 Å². The molecule has 1 rings (SSSR count). The molecule has 1 aromatic rings. The summed E-state index contributed by atoms with van der Waals surface area (Å²) in [4.78, 5) is 0. The van der Waals surface area contributed by atoms with Crippen LogP contribution in [0.25, 0.3) is 5.57 Å². The van der Waals surface area contributed by atoms with Crippen molar-refractivity contribution < 1.29 is 0 Å². The number of hydrogen-bond acceptors (Lipinski definition) is 0. The van der Waals surface area contributed by atoms with E-state index in [2.05, 4.69) is 32.6 Å². The van der Waals surface area contributed by atoms with Gasteiger partial charge in [0.25, 0.3) is 0 Å². The van der Waals surface area contributed by atoms with Crippen molar-refractivity contribution in [3.8, 4) is 0 Å². The van der Waals surface area contributed by atoms with Gasteiger partial charge in [0.15, 0.2) is 0 Å². The molecule has 16 heavy (non-hydrogen) atoms. The first-order chi connectivity index (χ1) is 7.72. The molecule has 0 bridgehead atoms. The van der Waals surface area contributed by atoms with E-state index >= 15 is 0 Å². The molecule has 0 heteroatoms. The van der Waals surface area contributed by atoms with Crippen LogP contribution in [0.15, 0.2) is 36.9 Å². The summed E-state index contributed by atoms with van der Waals surface area (Å²) >= 11 is 0. The first-order valence-corrected chi connectivity index (χ1v) is 6.43. The van der Waals surface area contributed by atoms with Crippen LogP contribution in [0.4, 0.5) is 0 Å². The molecule has 0 spiro atoms. The lowest BCUT2D eigenvalue weighted by molar-refractivity contribution is 1.09. The van der Waals surface area contributed by atoms with Gasteiger partial charge in [0, 0.05) is 0 Å². The van der Waals surface area contributed by atoms with E-state index in [9.17, 15) is 0 Å². The van der Waals surface area contributed by atoms with Crippen molar-refractivity contribution in [1.29, 1.82) is 0 Å². The van der Waals surface area contributed by atoms with Gasteiger partial charge < -0.3 is 0 Å². The summed E-state index contributed by atoms with van der Waals surface area (Å²) < 4.78 is 0. The molecule has 0 fully saturated rings. The van der Waals surface area contributed by atoms with Gasteiger partial charge in [-0.2, -0.15) is 0 Å². The number of hydrogen-bond donors (Lipinski definition) is 0. The van der Waals surface area contributed by atoms with Crippen molar-refractivity contribution in [3.05, 3.63) is 42.5 Å². The largest absolute Gasteiger partial charge is 0.0955 e. The summed E-state index contributed by atoms with van der Waals surface area (Å²) in [6, 6.07) is 10.2. The number of allylic oxidation sites excluding steroid dienone is 1. The van der Waals surface area contributed by atoms with Gasteiger partial charge in [-0.25, -0.2) is 0 Å². The highest BCUT2D eigenvalue weighted by Gasteiger charge is 1.86. The Morgan fingerprint density at radius 2 is 1.25 bits per heavy atom. The predicted octanol–water partition coefficient (Wildman–Crippen LogP) is 6.19. The van der Waals surface area contributed by atoms with Crippen LogP contribution in [0.5, 0.6) is 0 Å². The second-order valence-electron chi connectivity index (χ2n) is 2.85. The van der Waals surface area contributed by atoms with Crippen molar-refractivity contribution in [2.45, 2.75) is 54.9 Å². The van der Waals surface area contributed by atoms with E-state index in [0.717, 1.165) is 5.57 Å². The van der Waals surface area contributed by atoms with Gasteiger partial charge in [0.1, 0.15) is 0 Å². The topological polar surface area (TPSA) is 0 Å². The van der Waals surface area contributed by atoms with Gasteiger partial charge in [0.2, 0.25) is 0 Å². The fourth-order valence-electron chi connectivity index (χ4n) is 0.723. The van der Waals surface area contributed by atoms with Crippen LogP contribution in [-0.4, -0.2) is 0 Å². The zero-order chi connectivity index (χ0) is 13.4. The monoisotopic (exact) mass is 222 g/mol. The minimum atomic E-state index is 1.12. The third-order valence-electron chi connectivity index (χ3n) is 1.27. The molecule has 0 saturated heterocycles. The van der Waals surface area contributed by atoms with Gasteiger partial charge >= 0.3 is 0 Å². The molecule has 0 aliphatic carbocycles. The quantitative estimate of drug-likeness (QED) is 0.531. The van der Waals surface area contributed by atoms with Crippen LogP contribution in [-0.2, 0) is 0 Å². The Hall–Kier alpha value is -1.04. The molecule has 0 heterocycles. The van der Waals surface area contributed by atoms with E-state index in [1.165, 1.54) is 12.0 Å².